The number of ether oxygens (including phenoxy) is 1. The molecule has 0 bridgehead atoms. The number of halogens is 5. The molecule has 5 rings (SSSR count). The summed E-state index contributed by atoms with van der Waals surface area (Å²) >= 11 is 0. The number of nitrogens with zero attached hydrogens (tertiary/aromatic N) is 5. The predicted molar refractivity (Wildman–Crippen MR) is 166 cm³/mol. The highest BCUT2D eigenvalue weighted by Gasteiger charge is 2.28. The van der Waals surface area contributed by atoms with Crippen LogP contribution in [-0.2, 0) is 11.2 Å². The number of hydrogen-bond donors (Lipinski definition) is 2. The van der Waals surface area contributed by atoms with Gasteiger partial charge in [-0.3, -0.25) is 14.2 Å². The molecule has 2 fully saturated rings. The van der Waals surface area contributed by atoms with Gasteiger partial charge in [0.1, 0.15) is 5.82 Å². The van der Waals surface area contributed by atoms with Crippen molar-refractivity contribution in [3.05, 3.63) is 64.1 Å². The van der Waals surface area contributed by atoms with Gasteiger partial charge in [-0.1, -0.05) is 6.92 Å². The Balaban J connectivity index is 0.00000405. The van der Waals surface area contributed by atoms with Gasteiger partial charge in [-0.05, 0) is 44.1 Å². The van der Waals surface area contributed by atoms with E-state index in [2.05, 4.69) is 44.0 Å². The third kappa shape index (κ3) is 8.21. The number of H-pyrrole nitrogens is 1. The number of pyridine rings is 1. The number of rotatable bonds is 10. The van der Waals surface area contributed by atoms with Crippen LogP contribution in [0.25, 0.3) is 11.1 Å². The van der Waals surface area contributed by atoms with Gasteiger partial charge in [0.05, 0.1) is 24.6 Å². The van der Waals surface area contributed by atoms with Gasteiger partial charge < -0.3 is 35.2 Å². The quantitative estimate of drug-likeness (QED) is 0.323. The van der Waals surface area contributed by atoms with E-state index in [0.29, 0.717) is 67.2 Å². The maximum Gasteiger partial charge on any atom is 0.264 e. The predicted octanol–water partition coefficient (Wildman–Crippen LogP) is 3.90. The highest BCUT2D eigenvalue weighted by Crippen LogP contribution is 2.36. The molecule has 0 unspecified atom stereocenters. The van der Waals surface area contributed by atoms with E-state index in [4.69, 9.17) is 4.74 Å². The van der Waals surface area contributed by atoms with Crippen molar-refractivity contribution in [1.29, 1.82) is 0 Å². The van der Waals surface area contributed by atoms with E-state index in [1.165, 1.54) is 12.3 Å². The number of hydrogen-bond acceptors (Lipinski definition) is 8. The van der Waals surface area contributed by atoms with Crippen molar-refractivity contribution in [3.8, 4) is 11.1 Å². The monoisotopic (exact) mass is 633 g/mol. The molecule has 2 aromatic heterocycles. The van der Waals surface area contributed by atoms with Gasteiger partial charge >= 0.3 is 0 Å². The minimum atomic E-state index is -2.75. The molecule has 3 aromatic rings. The summed E-state index contributed by atoms with van der Waals surface area (Å²) in [5.41, 5.74) is 1.82. The van der Waals surface area contributed by atoms with Crippen LogP contribution in [0, 0.1) is 5.82 Å². The first-order valence-electron chi connectivity index (χ1n) is 14.0. The average Bonchev–Trinajstić information content (AvgIpc) is 3.49. The summed E-state index contributed by atoms with van der Waals surface area (Å²) in [6.45, 7) is 7.48. The lowest BCUT2D eigenvalue weighted by atomic mass is 10.0. The van der Waals surface area contributed by atoms with Crippen LogP contribution >= 0.6 is 0 Å². The minimum Gasteiger partial charge on any atom is -0.412 e. The Morgan fingerprint density at radius 3 is 2.50 bits per heavy atom. The van der Waals surface area contributed by atoms with E-state index in [9.17, 15) is 13.6 Å². The second-order valence-corrected chi connectivity index (χ2v) is 10.4. The van der Waals surface area contributed by atoms with Crippen LogP contribution < -0.4 is 20.7 Å². The number of alkyl halides is 2. The summed E-state index contributed by atoms with van der Waals surface area (Å²) in [4.78, 5) is 29.5. The first kappa shape index (κ1) is 36.4. The molecule has 44 heavy (non-hydrogen) atoms. The van der Waals surface area contributed by atoms with Crippen molar-refractivity contribution in [2.75, 3.05) is 74.6 Å². The van der Waals surface area contributed by atoms with E-state index in [1.54, 1.807) is 18.5 Å². The summed E-state index contributed by atoms with van der Waals surface area (Å²) in [7, 11) is 2.09. The smallest absolute Gasteiger partial charge is 0.264 e. The Bertz CT molecular complexity index is 1400. The highest BCUT2D eigenvalue weighted by molar-refractivity contribution is 5.79. The summed E-state index contributed by atoms with van der Waals surface area (Å²) in [5, 5.41) is 3.36. The van der Waals surface area contributed by atoms with Crippen LogP contribution in [-0.4, -0.2) is 90.9 Å². The molecule has 4 heterocycles. The third-order valence-electron chi connectivity index (χ3n) is 7.95. The number of aromatic nitrogens is 3. The highest BCUT2D eigenvalue weighted by atomic mass is 19.3. The summed E-state index contributed by atoms with van der Waals surface area (Å²) in [6.07, 6.45) is 3.04. The SMILES string of the molecule is CCN(C)[C@H]1CCN(c2cc(F)c(-c3cnc(N4CCOCC4)nc3)cc2NCCc2c[nH]c(=O)cc2C(F)F)C1.F.F.O.[HH].[HH]. The third-order valence-corrected chi connectivity index (χ3v) is 7.95. The van der Waals surface area contributed by atoms with Crippen LogP contribution in [0.15, 0.2) is 41.6 Å². The van der Waals surface area contributed by atoms with E-state index < -0.39 is 12.0 Å². The zero-order valence-electron chi connectivity index (χ0n) is 24.7. The molecule has 0 amide bonds. The first-order chi connectivity index (χ1) is 19.8. The molecule has 248 valence electrons. The molecule has 2 aliphatic rings. The Morgan fingerprint density at radius 1 is 1.14 bits per heavy atom. The fourth-order valence-corrected chi connectivity index (χ4v) is 5.42. The van der Waals surface area contributed by atoms with Crippen LogP contribution in [0.3, 0.4) is 0 Å². The van der Waals surface area contributed by atoms with Crippen molar-refractivity contribution in [2.24, 2.45) is 0 Å². The topological polar surface area (TPSA) is 121 Å². The van der Waals surface area contributed by atoms with Crippen molar-refractivity contribution in [2.45, 2.75) is 32.2 Å². The Kier molecular flexibility index (Phi) is 13.5. The molecule has 10 nitrogen and oxygen atoms in total. The van der Waals surface area contributed by atoms with Gasteiger partial charge in [-0.15, -0.1) is 0 Å². The van der Waals surface area contributed by atoms with E-state index in [1.807, 2.05) is 4.90 Å². The van der Waals surface area contributed by atoms with Gasteiger partial charge in [0.2, 0.25) is 11.5 Å². The van der Waals surface area contributed by atoms with Gasteiger partial charge in [-0.25, -0.2) is 23.1 Å². The van der Waals surface area contributed by atoms with E-state index in [-0.39, 0.29) is 35.5 Å². The second-order valence-electron chi connectivity index (χ2n) is 10.4. The average molecular weight is 634 g/mol. The van der Waals surface area contributed by atoms with Crippen LogP contribution in [0.1, 0.15) is 33.8 Å². The number of benzene rings is 1. The largest absolute Gasteiger partial charge is 0.412 e. The number of anilines is 3. The molecule has 0 radical (unpaired) electrons. The Labute approximate surface area is 255 Å². The fourth-order valence-electron chi connectivity index (χ4n) is 5.42. The molecule has 4 N–H and O–H groups in total. The molecule has 2 saturated heterocycles. The maximum absolute atomic E-state index is 15.6. The molecule has 1 aromatic carbocycles. The lowest BCUT2D eigenvalue weighted by molar-refractivity contribution is 0.122. The minimum absolute atomic E-state index is 0. The summed E-state index contributed by atoms with van der Waals surface area (Å²) in [5.74, 6) is 0.188. The summed E-state index contributed by atoms with van der Waals surface area (Å²) < 4.78 is 48.1. The Hall–Kier alpha value is -3.82. The molecule has 0 saturated carbocycles. The molecular weight excluding hydrogens is 589 g/mol. The lowest BCUT2D eigenvalue weighted by Crippen LogP contribution is -2.37. The maximum atomic E-state index is 15.6. The van der Waals surface area contributed by atoms with Gasteiger partial charge in [0.25, 0.3) is 6.43 Å². The van der Waals surface area contributed by atoms with Crippen molar-refractivity contribution in [3.63, 3.8) is 0 Å². The van der Waals surface area contributed by atoms with Crippen LogP contribution in [0.4, 0.5) is 39.9 Å². The van der Waals surface area contributed by atoms with Gasteiger partial charge in [-0.2, -0.15) is 0 Å². The van der Waals surface area contributed by atoms with Crippen LogP contribution in [0.5, 0.6) is 0 Å². The zero-order valence-corrected chi connectivity index (χ0v) is 24.7. The van der Waals surface area contributed by atoms with Gasteiger partial charge in [0.15, 0.2) is 0 Å². The van der Waals surface area contributed by atoms with Gasteiger partial charge in [0, 0.05) is 83.0 Å². The standard InChI is InChI=1S/C29H36F3N7O2.2FH.H2O.2H2/c1-3-37(2)21-5-7-39(18-21)26-14-24(30)22(20-16-35-29(36-17-20)38-8-10-41-11-9-38)12-25(26)33-6-4-19-15-34-27(40)13-23(19)28(31)32;;;;;/h12-17,21,28,33H,3-11,18H2,1-2H3,(H,34,40);2*1H;1H2;2*1H/t21-;;;;;/m0...../s1. The van der Waals surface area contributed by atoms with Crippen molar-refractivity contribution < 1.29 is 35.6 Å². The molecule has 1 atom stereocenters. The number of morpholine rings is 1. The zero-order chi connectivity index (χ0) is 28.9. The summed E-state index contributed by atoms with van der Waals surface area (Å²) in [6, 6.07) is 4.57. The molecule has 2 aliphatic heterocycles. The normalized spacial score (nSPS) is 16.4. The van der Waals surface area contributed by atoms with Crippen molar-refractivity contribution in [1.82, 2.24) is 19.9 Å². The van der Waals surface area contributed by atoms with E-state index in [0.717, 1.165) is 37.8 Å². The number of likely N-dealkylation sites (N-methyl/N-ethyl adjacent to an activating group) is 1. The molecule has 15 heteroatoms. The molecular formula is C29H44F5N7O3. The number of aromatic amines is 1. The first-order valence-corrected chi connectivity index (χ1v) is 14.0. The lowest BCUT2D eigenvalue weighted by Gasteiger charge is -2.27. The molecule has 0 spiro atoms. The van der Waals surface area contributed by atoms with E-state index >= 15 is 4.39 Å². The second kappa shape index (κ2) is 16.3. The Morgan fingerprint density at radius 2 is 1.84 bits per heavy atom. The van der Waals surface area contributed by atoms with Crippen molar-refractivity contribution >= 4 is 17.3 Å². The molecule has 0 aliphatic carbocycles. The van der Waals surface area contributed by atoms with Crippen LogP contribution in [0.2, 0.25) is 0 Å². The fraction of sp³-hybridized carbons (Fsp3) is 0.483. The number of nitrogens with one attached hydrogen (secondary N) is 2.